The van der Waals surface area contributed by atoms with Crippen LogP contribution in [0.4, 0.5) is 0 Å². The zero-order valence-corrected chi connectivity index (χ0v) is 11.5. The quantitative estimate of drug-likeness (QED) is 0.550. The Hall–Kier alpha value is -2.01. The van der Waals surface area contributed by atoms with Gasteiger partial charge >= 0.3 is 11.9 Å². The van der Waals surface area contributed by atoms with Gasteiger partial charge in [-0.1, -0.05) is 5.21 Å². The second-order valence-corrected chi connectivity index (χ2v) is 5.44. The predicted molar refractivity (Wildman–Crippen MR) is 65.4 cm³/mol. The highest BCUT2D eigenvalue weighted by Gasteiger charge is 2.17. The van der Waals surface area contributed by atoms with Crippen LogP contribution in [0.3, 0.4) is 0 Å². The van der Waals surface area contributed by atoms with Crippen LogP contribution < -0.4 is 4.72 Å². The monoisotopic (exact) mass is 306 g/mol. The first-order chi connectivity index (χ1) is 9.34. The smallest absolute Gasteiger partial charge is 0.358 e. The van der Waals surface area contributed by atoms with Gasteiger partial charge in [-0.2, -0.15) is 0 Å². The number of hydrogen-bond acceptors (Lipinski definition) is 7. The Labute approximate surface area is 114 Å². The number of rotatable bonds is 8. The van der Waals surface area contributed by atoms with E-state index in [1.54, 1.807) is 6.92 Å². The Morgan fingerprint density at radius 1 is 1.50 bits per heavy atom. The lowest BCUT2D eigenvalue weighted by Gasteiger charge is -2.06. The van der Waals surface area contributed by atoms with Gasteiger partial charge in [0.25, 0.3) is 0 Å². The van der Waals surface area contributed by atoms with E-state index in [-0.39, 0.29) is 25.4 Å². The molecule has 0 atom stereocenters. The molecule has 0 unspecified atom stereocenters. The number of ether oxygens (including phenoxy) is 1. The van der Waals surface area contributed by atoms with Gasteiger partial charge < -0.3 is 9.84 Å². The highest BCUT2D eigenvalue weighted by molar-refractivity contribution is 7.90. The molecule has 112 valence electrons. The molecule has 2 N–H and O–H groups in total. The van der Waals surface area contributed by atoms with Crippen LogP contribution >= 0.6 is 0 Å². The first-order valence-corrected chi connectivity index (χ1v) is 7.25. The minimum atomic E-state index is -3.79. The van der Waals surface area contributed by atoms with Crippen molar-refractivity contribution in [3.05, 3.63) is 11.9 Å². The molecule has 0 aliphatic carbocycles. The fourth-order valence-electron chi connectivity index (χ4n) is 1.23. The second kappa shape index (κ2) is 6.96. The van der Waals surface area contributed by atoms with Gasteiger partial charge in [0.15, 0.2) is 11.4 Å². The number of nitrogens with one attached hydrogen (secondary N) is 1. The molecular weight excluding hydrogens is 292 g/mol. The number of carbonyl (C=O) groups is 2. The van der Waals surface area contributed by atoms with Gasteiger partial charge in [-0.3, -0.25) is 9.48 Å². The Bertz CT molecular complexity index is 581. The molecule has 1 heterocycles. The number of aromatic nitrogens is 3. The van der Waals surface area contributed by atoms with Crippen LogP contribution in [0.25, 0.3) is 0 Å². The summed E-state index contributed by atoms with van der Waals surface area (Å²) in [4.78, 5) is 21.6. The van der Waals surface area contributed by atoms with Crippen LogP contribution in [0.5, 0.6) is 0 Å². The van der Waals surface area contributed by atoms with Gasteiger partial charge in [-0.25, -0.2) is 17.9 Å². The van der Waals surface area contributed by atoms with Crippen LogP contribution in [-0.4, -0.2) is 59.4 Å². The molecule has 0 fully saturated rings. The van der Waals surface area contributed by atoms with Crippen molar-refractivity contribution >= 4 is 22.0 Å². The zero-order valence-electron chi connectivity index (χ0n) is 10.6. The average Bonchev–Trinajstić information content (AvgIpc) is 2.77. The number of sulfonamides is 1. The lowest BCUT2D eigenvalue weighted by atomic mass is 10.5. The summed E-state index contributed by atoms with van der Waals surface area (Å²) >= 11 is 0. The van der Waals surface area contributed by atoms with E-state index >= 15 is 0 Å². The Morgan fingerprint density at radius 3 is 2.75 bits per heavy atom. The molecule has 0 saturated carbocycles. The summed E-state index contributed by atoms with van der Waals surface area (Å²) in [6, 6.07) is 0. The number of carboxylic acid groups (broad SMARTS) is 1. The fraction of sp³-hybridized carbons (Fsp3) is 0.556. The van der Waals surface area contributed by atoms with Crippen LogP contribution in [0.2, 0.25) is 0 Å². The van der Waals surface area contributed by atoms with E-state index in [0.717, 1.165) is 0 Å². The summed E-state index contributed by atoms with van der Waals surface area (Å²) in [5.41, 5.74) is -0.237. The maximum Gasteiger partial charge on any atom is 0.358 e. The number of aromatic carboxylic acids is 1. The molecule has 11 heteroatoms. The van der Waals surface area contributed by atoms with Crippen molar-refractivity contribution in [3.8, 4) is 0 Å². The Balaban J connectivity index is 2.42. The van der Waals surface area contributed by atoms with Crippen molar-refractivity contribution in [1.29, 1.82) is 0 Å². The van der Waals surface area contributed by atoms with E-state index in [1.165, 1.54) is 10.9 Å². The summed E-state index contributed by atoms with van der Waals surface area (Å²) in [5, 5.41) is 15.5. The van der Waals surface area contributed by atoms with E-state index in [0.29, 0.717) is 0 Å². The third-order valence-corrected chi connectivity index (χ3v) is 3.29. The topological polar surface area (TPSA) is 140 Å². The Morgan fingerprint density at radius 2 is 2.20 bits per heavy atom. The first kappa shape index (κ1) is 16.0. The molecule has 0 spiro atoms. The molecule has 1 aromatic heterocycles. The molecular formula is C9H14N4O6S. The fourth-order valence-corrected chi connectivity index (χ4v) is 2.13. The van der Waals surface area contributed by atoms with Gasteiger partial charge in [0.1, 0.15) is 0 Å². The zero-order chi connectivity index (χ0) is 15.2. The van der Waals surface area contributed by atoms with E-state index in [2.05, 4.69) is 19.8 Å². The average molecular weight is 306 g/mol. The van der Waals surface area contributed by atoms with Crippen molar-refractivity contribution in [2.75, 3.05) is 18.9 Å². The minimum Gasteiger partial charge on any atom is -0.476 e. The van der Waals surface area contributed by atoms with Crippen LogP contribution in [0.1, 0.15) is 17.4 Å². The van der Waals surface area contributed by atoms with Gasteiger partial charge in [0, 0.05) is 6.54 Å². The molecule has 10 nitrogen and oxygen atoms in total. The second-order valence-electron chi connectivity index (χ2n) is 3.63. The molecule has 20 heavy (non-hydrogen) atoms. The molecule has 0 aromatic carbocycles. The summed E-state index contributed by atoms with van der Waals surface area (Å²) in [6.45, 7) is 1.71. The molecule has 1 rings (SSSR count). The maximum absolute atomic E-state index is 11.5. The predicted octanol–water partition coefficient (Wildman–Crippen LogP) is -1.54. The lowest BCUT2D eigenvalue weighted by molar-refractivity contribution is -0.139. The largest absolute Gasteiger partial charge is 0.476 e. The van der Waals surface area contributed by atoms with E-state index < -0.39 is 27.7 Å². The number of esters is 1. The molecule has 0 bridgehead atoms. The van der Waals surface area contributed by atoms with Gasteiger partial charge in [-0.15, -0.1) is 5.10 Å². The van der Waals surface area contributed by atoms with Crippen LogP contribution in [0.15, 0.2) is 6.20 Å². The highest BCUT2D eigenvalue weighted by atomic mass is 32.2. The standard InChI is InChI=1S/C9H14N4O6S/c1-2-19-8(14)6-20(17,18)10-3-4-13-5-7(9(15)16)11-12-13/h5,10H,2-4,6H2,1H3,(H,15,16). The summed E-state index contributed by atoms with van der Waals surface area (Å²) in [5.74, 6) is -2.83. The number of carbonyl (C=O) groups excluding carboxylic acids is 1. The molecule has 1 aromatic rings. The van der Waals surface area contributed by atoms with Crippen LogP contribution in [0, 0.1) is 0 Å². The SMILES string of the molecule is CCOC(=O)CS(=O)(=O)NCCn1cc(C(=O)O)nn1. The van der Waals surface area contributed by atoms with Crippen LogP contribution in [-0.2, 0) is 26.1 Å². The minimum absolute atomic E-state index is 0.0514. The molecule has 0 saturated heterocycles. The third kappa shape index (κ3) is 5.32. The first-order valence-electron chi connectivity index (χ1n) is 5.60. The number of carboxylic acids is 1. The lowest BCUT2D eigenvalue weighted by Crippen LogP contribution is -2.33. The summed E-state index contributed by atoms with van der Waals surface area (Å²) in [7, 11) is -3.79. The van der Waals surface area contributed by atoms with E-state index in [4.69, 9.17) is 5.11 Å². The normalized spacial score (nSPS) is 11.2. The number of nitrogens with zero attached hydrogens (tertiary/aromatic N) is 3. The van der Waals surface area contributed by atoms with Crippen molar-refractivity contribution < 1.29 is 27.9 Å². The van der Waals surface area contributed by atoms with Crippen molar-refractivity contribution in [3.63, 3.8) is 0 Å². The van der Waals surface area contributed by atoms with Gasteiger partial charge in [0.05, 0.1) is 19.3 Å². The van der Waals surface area contributed by atoms with Crippen molar-refractivity contribution in [1.82, 2.24) is 19.7 Å². The molecule has 0 aliphatic rings. The van der Waals surface area contributed by atoms with E-state index in [9.17, 15) is 18.0 Å². The van der Waals surface area contributed by atoms with Gasteiger partial charge in [-0.05, 0) is 6.92 Å². The summed E-state index contributed by atoms with van der Waals surface area (Å²) < 4.78 is 30.8. The summed E-state index contributed by atoms with van der Waals surface area (Å²) in [6.07, 6.45) is 1.17. The maximum atomic E-state index is 11.5. The van der Waals surface area contributed by atoms with Crippen molar-refractivity contribution in [2.24, 2.45) is 0 Å². The van der Waals surface area contributed by atoms with Gasteiger partial charge in [0.2, 0.25) is 10.0 Å². The molecule has 0 radical (unpaired) electrons. The number of hydrogen-bond donors (Lipinski definition) is 2. The van der Waals surface area contributed by atoms with E-state index in [1.807, 2.05) is 0 Å². The molecule has 0 amide bonds. The Kier molecular flexibility index (Phi) is 5.58. The highest BCUT2D eigenvalue weighted by Crippen LogP contribution is 1.93. The third-order valence-electron chi connectivity index (χ3n) is 2.03. The van der Waals surface area contributed by atoms with Crippen molar-refractivity contribution in [2.45, 2.75) is 13.5 Å². The molecule has 0 aliphatic heterocycles.